The molecule has 3 aromatic rings. The summed E-state index contributed by atoms with van der Waals surface area (Å²) in [6, 6.07) is 15.9. The van der Waals surface area contributed by atoms with Gasteiger partial charge in [0, 0.05) is 22.2 Å². The van der Waals surface area contributed by atoms with Gasteiger partial charge < -0.3 is 14.5 Å². The molecule has 1 aromatic heterocycles. The average molecular weight is 362 g/mol. The summed E-state index contributed by atoms with van der Waals surface area (Å²) in [5.41, 5.74) is 2.62. The molecule has 136 valence electrons. The molecule has 1 atom stereocenters. The van der Waals surface area contributed by atoms with E-state index in [4.69, 9.17) is 14.7 Å². The third kappa shape index (κ3) is 3.98. The maximum atomic E-state index is 12.8. The minimum absolute atomic E-state index is 0.267. The SMILES string of the molecule is Cc1[nH]c2ccccc2c1C(=O)[C@@H](C)OC(=O)COc1ccc(C#N)cc1. The highest BCUT2D eigenvalue weighted by Gasteiger charge is 2.24. The minimum Gasteiger partial charge on any atom is -0.482 e. The summed E-state index contributed by atoms with van der Waals surface area (Å²) in [4.78, 5) is 27.9. The van der Waals surface area contributed by atoms with Crippen LogP contribution in [0.1, 0.15) is 28.5 Å². The number of nitrogens with zero attached hydrogens (tertiary/aromatic N) is 1. The number of aromatic amines is 1. The molecule has 6 nitrogen and oxygen atoms in total. The Kier molecular flexibility index (Phi) is 5.23. The molecule has 6 heteroatoms. The largest absolute Gasteiger partial charge is 0.482 e. The van der Waals surface area contributed by atoms with Crippen molar-refractivity contribution in [3.05, 3.63) is 65.4 Å². The molecule has 27 heavy (non-hydrogen) atoms. The summed E-state index contributed by atoms with van der Waals surface area (Å²) in [6.45, 7) is 3.04. The number of ether oxygens (including phenoxy) is 2. The molecule has 1 heterocycles. The van der Waals surface area contributed by atoms with Gasteiger partial charge in [-0.25, -0.2) is 4.79 Å². The molecule has 0 radical (unpaired) electrons. The van der Waals surface area contributed by atoms with Gasteiger partial charge in [0.05, 0.1) is 11.6 Å². The van der Waals surface area contributed by atoms with Crippen LogP contribution >= 0.6 is 0 Å². The van der Waals surface area contributed by atoms with E-state index < -0.39 is 12.1 Å². The highest BCUT2D eigenvalue weighted by molar-refractivity contribution is 6.11. The fraction of sp³-hybridized carbons (Fsp3) is 0.190. The fourth-order valence-corrected chi connectivity index (χ4v) is 2.85. The van der Waals surface area contributed by atoms with Crippen molar-refractivity contribution in [1.29, 1.82) is 5.26 Å². The first kappa shape index (κ1) is 18.2. The first-order valence-corrected chi connectivity index (χ1v) is 8.43. The van der Waals surface area contributed by atoms with Crippen molar-refractivity contribution in [2.75, 3.05) is 6.61 Å². The standard InChI is InChI=1S/C21H18N2O4/c1-13-20(17-5-3-4-6-18(17)23-13)21(25)14(2)27-19(24)12-26-16-9-7-15(11-22)8-10-16/h3-10,14,23H,12H2,1-2H3/t14-/m1/s1. The van der Waals surface area contributed by atoms with Crippen LogP contribution < -0.4 is 4.74 Å². The number of Topliss-reactive ketones (excluding diaryl/α,β-unsaturated/α-hetero) is 1. The average Bonchev–Trinajstić information content (AvgIpc) is 3.01. The van der Waals surface area contributed by atoms with Gasteiger partial charge >= 0.3 is 5.97 Å². The normalized spacial score (nSPS) is 11.6. The number of esters is 1. The predicted molar refractivity (Wildman–Crippen MR) is 99.6 cm³/mol. The van der Waals surface area contributed by atoms with Crippen LogP contribution in [0.25, 0.3) is 10.9 Å². The molecule has 0 aliphatic carbocycles. The number of carbonyl (C=O) groups is 2. The van der Waals surface area contributed by atoms with Crippen LogP contribution in [0.15, 0.2) is 48.5 Å². The summed E-state index contributed by atoms with van der Waals surface area (Å²) in [6.07, 6.45) is -0.931. The maximum Gasteiger partial charge on any atom is 0.344 e. The zero-order valence-electron chi connectivity index (χ0n) is 15.0. The van der Waals surface area contributed by atoms with Gasteiger partial charge in [-0.05, 0) is 44.2 Å². The number of hydrogen-bond acceptors (Lipinski definition) is 5. The lowest BCUT2D eigenvalue weighted by Crippen LogP contribution is -2.27. The Morgan fingerprint density at radius 1 is 1.15 bits per heavy atom. The second-order valence-corrected chi connectivity index (χ2v) is 6.09. The number of carbonyl (C=O) groups excluding carboxylic acids is 2. The lowest BCUT2D eigenvalue weighted by molar-refractivity contribution is -0.148. The Balaban J connectivity index is 1.62. The van der Waals surface area contributed by atoms with Crippen LogP contribution in [0.4, 0.5) is 0 Å². The smallest absolute Gasteiger partial charge is 0.344 e. The van der Waals surface area contributed by atoms with Gasteiger partial charge in [-0.2, -0.15) is 5.26 Å². The van der Waals surface area contributed by atoms with Crippen LogP contribution in [0.2, 0.25) is 0 Å². The molecule has 0 saturated carbocycles. The number of para-hydroxylation sites is 1. The number of ketones is 1. The predicted octanol–water partition coefficient (Wildman–Crippen LogP) is 3.54. The summed E-state index contributed by atoms with van der Waals surface area (Å²) in [5, 5.41) is 9.57. The van der Waals surface area contributed by atoms with Crippen molar-refractivity contribution in [2.24, 2.45) is 0 Å². The molecule has 0 unspecified atom stereocenters. The van der Waals surface area contributed by atoms with Crippen LogP contribution in [-0.4, -0.2) is 29.4 Å². The summed E-state index contributed by atoms with van der Waals surface area (Å²) in [7, 11) is 0. The number of aryl methyl sites for hydroxylation is 1. The quantitative estimate of drug-likeness (QED) is 0.535. The Labute approximate surface area is 156 Å². The van der Waals surface area contributed by atoms with E-state index in [0.29, 0.717) is 16.9 Å². The van der Waals surface area contributed by atoms with Crippen molar-refractivity contribution in [1.82, 2.24) is 4.98 Å². The number of hydrogen-bond donors (Lipinski definition) is 1. The Bertz CT molecular complexity index is 1030. The Hall–Kier alpha value is -3.59. The van der Waals surface area contributed by atoms with Gasteiger partial charge in [0.2, 0.25) is 5.78 Å². The molecule has 0 fully saturated rings. The number of rotatable bonds is 6. The molecule has 2 aromatic carbocycles. The molecule has 0 amide bonds. The molecule has 0 aliphatic heterocycles. The van der Waals surface area contributed by atoms with E-state index >= 15 is 0 Å². The number of aromatic nitrogens is 1. The van der Waals surface area contributed by atoms with Crippen LogP contribution in [0, 0.1) is 18.3 Å². The number of nitrogens with one attached hydrogen (secondary N) is 1. The van der Waals surface area contributed by atoms with Crippen LogP contribution in [0.5, 0.6) is 5.75 Å². The number of fused-ring (bicyclic) bond motifs is 1. The highest BCUT2D eigenvalue weighted by Crippen LogP contribution is 2.23. The topological polar surface area (TPSA) is 92.2 Å². The van der Waals surface area contributed by atoms with E-state index in [1.54, 1.807) is 31.2 Å². The first-order chi connectivity index (χ1) is 13.0. The van der Waals surface area contributed by atoms with Crippen LogP contribution in [-0.2, 0) is 9.53 Å². The molecular weight excluding hydrogens is 344 g/mol. The number of H-pyrrole nitrogens is 1. The molecule has 0 spiro atoms. The van der Waals surface area contributed by atoms with Crippen molar-refractivity contribution in [2.45, 2.75) is 20.0 Å². The van der Waals surface area contributed by atoms with E-state index in [-0.39, 0.29) is 12.4 Å². The lowest BCUT2D eigenvalue weighted by atomic mass is 10.0. The van der Waals surface area contributed by atoms with Crippen molar-refractivity contribution in [3.8, 4) is 11.8 Å². The van der Waals surface area contributed by atoms with E-state index in [0.717, 1.165) is 16.6 Å². The summed E-state index contributed by atoms with van der Waals surface area (Å²) >= 11 is 0. The molecule has 1 N–H and O–H groups in total. The third-order valence-electron chi connectivity index (χ3n) is 4.16. The highest BCUT2D eigenvalue weighted by atomic mass is 16.6. The zero-order valence-corrected chi connectivity index (χ0v) is 15.0. The monoisotopic (exact) mass is 362 g/mol. The zero-order chi connectivity index (χ0) is 19.4. The molecule has 0 bridgehead atoms. The lowest BCUT2D eigenvalue weighted by Gasteiger charge is -2.13. The maximum absolute atomic E-state index is 12.8. The third-order valence-corrected chi connectivity index (χ3v) is 4.16. The van der Waals surface area contributed by atoms with Gasteiger partial charge in [-0.3, -0.25) is 4.79 Å². The van der Waals surface area contributed by atoms with E-state index in [9.17, 15) is 9.59 Å². The number of benzene rings is 2. The summed E-state index contributed by atoms with van der Waals surface area (Å²) in [5.74, 6) is -0.466. The summed E-state index contributed by atoms with van der Waals surface area (Å²) < 4.78 is 10.6. The van der Waals surface area contributed by atoms with Gasteiger partial charge in [0.15, 0.2) is 12.7 Å². The fourth-order valence-electron chi connectivity index (χ4n) is 2.85. The number of nitriles is 1. The Morgan fingerprint density at radius 2 is 1.85 bits per heavy atom. The van der Waals surface area contributed by atoms with E-state index in [1.807, 2.05) is 37.3 Å². The van der Waals surface area contributed by atoms with Crippen molar-refractivity contribution in [3.63, 3.8) is 0 Å². The van der Waals surface area contributed by atoms with Gasteiger partial charge in [-0.1, -0.05) is 18.2 Å². The van der Waals surface area contributed by atoms with Crippen molar-refractivity contribution >= 4 is 22.7 Å². The minimum atomic E-state index is -0.931. The van der Waals surface area contributed by atoms with Gasteiger partial charge in [-0.15, -0.1) is 0 Å². The van der Waals surface area contributed by atoms with Crippen LogP contribution in [0.3, 0.4) is 0 Å². The van der Waals surface area contributed by atoms with Crippen molar-refractivity contribution < 1.29 is 19.1 Å². The van der Waals surface area contributed by atoms with Gasteiger partial charge in [0.1, 0.15) is 5.75 Å². The second kappa shape index (κ2) is 7.75. The molecule has 0 saturated heterocycles. The molecule has 3 rings (SSSR count). The van der Waals surface area contributed by atoms with Gasteiger partial charge in [0.25, 0.3) is 0 Å². The second-order valence-electron chi connectivity index (χ2n) is 6.09. The molecular formula is C21H18N2O4. The Morgan fingerprint density at radius 3 is 2.56 bits per heavy atom. The first-order valence-electron chi connectivity index (χ1n) is 8.43. The molecule has 0 aliphatic rings. The van der Waals surface area contributed by atoms with E-state index in [2.05, 4.69) is 4.98 Å². The van der Waals surface area contributed by atoms with E-state index in [1.165, 1.54) is 0 Å².